The zero-order valence-corrected chi connectivity index (χ0v) is 10.1. The summed E-state index contributed by atoms with van der Waals surface area (Å²) < 4.78 is 19.3. The number of aromatic carboxylic acids is 1. The number of halogens is 1. The van der Waals surface area contributed by atoms with Crippen molar-refractivity contribution in [3.05, 3.63) is 23.6 Å². The predicted molar refractivity (Wildman–Crippen MR) is 63.2 cm³/mol. The zero-order valence-electron chi connectivity index (χ0n) is 10.1. The van der Waals surface area contributed by atoms with Crippen molar-refractivity contribution in [2.75, 3.05) is 18.5 Å². The van der Waals surface area contributed by atoms with E-state index < -0.39 is 11.8 Å². The Bertz CT molecular complexity index is 459. The number of anilines is 1. The van der Waals surface area contributed by atoms with E-state index in [4.69, 9.17) is 9.84 Å². The Morgan fingerprint density at radius 1 is 1.72 bits per heavy atom. The average molecular weight is 254 g/mol. The van der Waals surface area contributed by atoms with Gasteiger partial charge in [-0.05, 0) is 25.8 Å². The summed E-state index contributed by atoms with van der Waals surface area (Å²) in [6.07, 6.45) is 3.14. The molecule has 1 atom stereocenters. The van der Waals surface area contributed by atoms with Gasteiger partial charge in [0.15, 0.2) is 11.6 Å². The van der Waals surface area contributed by atoms with Gasteiger partial charge in [0.2, 0.25) is 0 Å². The number of pyridine rings is 1. The van der Waals surface area contributed by atoms with Gasteiger partial charge in [-0.2, -0.15) is 0 Å². The molecule has 2 heterocycles. The number of rotatable bonds is 4. The van der Waals surface area contributed by atoms with Crippen molar-refractivity contribution >= 4 is 11.8 Å². The Hall–Kier alpha value is -1.69. The highest BCUT2D eigenvalue weighted by Gasteiger charge is 2.30. The standard InChI is InChI=1S/C12H15FN2O3/c1-12(4-2-6-18-12)7-15-10-9(13)8(11(16)17)3-5-14-10/h3,5H,2,4,6-7H2,1H3,(H,14,15)(H,16,17). The van der Waals surface area contributed by atoms with Gasteiger partial charge in [-0.1, -0.05) is 0 Å². The Morgan fingerprint density at radius 3 is 3.11 bits per heavy atom. The largest absolute Gasteiger partial charge is 0.478 e. The Balaban J connectivity index is 2.10. The minimum atomic E-state index is -1.30. The summed E-state index contributed by atoms with van der Waals surface area (Å²) in [7, 11) is 0. The number of ether oxygens (including phenoxy) is 1. The van der Waals surface area contributed by atoms with E-state index in [0.717, 1.165) is 18.9 Å². The van der Waals surface area contributed by atoms with Crippen molar-refractivity contribution in [3.8, 4) is 0 Å². The molecule has 18 heavy (non-hydrogen) atoms. The molecule has 0 aromatic carbocycles. The molecular weight excluding hydrogens is 239 g/mol. The number of carboxylic acids is 1. The van der Waals surface area contributed by atoms with E-state index in [9.17, 15) is 9.18 Å². The first-order chi connectivity index (χ1) is 8.52. The second kappa shape index (κ2) is 4.89. The number of nitrogens with zero attached hydrogens (tertiary/aromatic N) is 1. The molecule has 1 saturated heterocycles. The third-order valence-electron chi connectivity index (χ3n) is 3.05. The van der Waals surface area contributed by atoms with Crippen LogP contribution in [0.15, 0.2) is 12.3 Å². The van der Waals surface area contributed by atoms with Crippen LogP contribution in [0.4, 0.5) is 10.2 Å². The summed E-state index contributed by atoms with van der Waals surface area (Å²) in [5.41, 5.74) is -0.724. The van der Waals surface area contributed by atoms with Crippen LogP contribution >= 0.6 is 0 Å². The van der Waals surface area contributed by atoms with E-state index in [0.29, 0.717) is 13.2 Å². The van der Waals surface area contributed by atoms with Gasteiger partial charge in [0.05, 0.1) is 5.60 Å². The number of hydrogen-bond acceptors (Lipinski definition) is 4. The van der Waals surface area contributed by atoms with Crippen LogP contribution in [0.5, 0.6) is 0 Å². The number of carbonyl (C=O) groups is 1. The fourth-order valence-corrected chi connectivity index (χ4v) is 1.98. The minimum absolute atomic E-state index is 0.0494. The molecule has 1 aromatic heterocycles. The summed E-state index contributed by atoms with van der Waals surface area (Å²) in [6.45, 7) is 3.04. The van der Waals surface area contributed by atoms with Crippen molar-refractivity contribution in [1.82, 2.24) is 4.98 Å². The smallest absolute Gasteiger partial charge is 0.338 e. The lowest BCUT2D eigenvalue weighted by Crippen LogP contribution is -2.33. The second-order valence-electron chi connectivity index (χ2n) is 4.58. The van der Waals surface area contributed by atoms with Crippen molar-refractivity contribution in [2.45, 2.75) is 25.4 Å². The van der Waals surface area contributed by atoms with Gasteiger partial charge in [0.1, 0.15) is 5.56 Å². The molecule has 1 aliphatic heterocycles. The minimum Gasteiger partial charge on any atom is -0.478 e. The molecule has 1 aliphatic rings. The lowest BCUT2D eigenvalue weighted by molar-refractivity contribution is 0.0314. The first-order valence-corrected chi connectivity index (χ1v) is 5.77. The molecule has 1 unspecified atom stereocenters. The van der Waals surface area contributed by atoms with Crippen LogP contribution < -0.4 is 5.32 Å². The number of hydrogen-bond donors (Lipinski definition) is 2. The third kappa shape index (κ3) is 2.59. The summed E-state index contributed by atoms with van der Waals surface area (Å²) >= 11 is 0. The predicted octanol–water partition coefficient (Wildman–Crippen LogP) is 1.90. The molecule has 98 valence electrons. The fourth-order valence-electron chi connectivity index (χ4n) is 1.98. The summed E-state index contributed by atoms with van der Waals surface area (Å²) in [5.74, 6) is -2.19. The van der Waals surface area contributed by atoms with E-state index in [1.165, 1.54) is 6.20 Å². The molecule has 1 fully saturated rings. The zero-order chi connectivity index (χ0) is 13.2. The van der Waals surface area contributed by atoms with Crippen LogP contribution in [0.2, 0.25) is 0 Å². The molecule has 1 aromatic rings. The molecule has 6 heteroatoms. The normalized spacial score (nSPS) is 23.0. The molecule has 0 aliphatic carbocycles. The highest BCUT2D eigenvalue weighted by molar-refractivity contribution is 5.88. The van der Waals surface area contributed by atoms with Crippen LogP contribution in [-0.2, 0) is 4.74 Å². The Morgan fingerprint density at radius 2 is 2.50 bits per heavy atom. The summed E-state index contributed by atoms with van der Waals surface area (Å²) in [6, 6.07) is 1.14. The molecule has 5 nitrogen and oxygen atoms in total. The van der Waals surface area contributed by atoms with Crippen LogP contribution in [-0.4, -0.2) is 34.8 Å². The average Bonchev–Trinajstić information content (AvgIpc) is 2.75. The van der Waals surface area contributed by atoms with Crippen LogP contribution in [0.1, 0.15) is 30.1 Å². The van der Waals surface area contributed by atoms with E-state index in [2.05, 4.69) is 10.3 Å². The molecule has 2 rings (SSSR count). The molecule has 0 saturated carbocycles. The highest BCUT2D eigenvalue weighted by atomic mass is 19.1. The molecular formula is C12H15FN2O3. The molecule has 0 bridgehead atoms. The lowest BCUT2D eigenvalue weighted by atomic mass is 10.0. The van der Waals surface area contributed by atoms with E-state index >= 15 is 0 Å². The van der Waals surface area contributed by atoms with Crippen molar-refractivity contribution < 1.29 is 19.0 Å². The molecule has 0 radical (unpaired) electrons. The number of carboxylic acid groups (broad SMARTS) is 1. The number of nitrogens with one attached hydrogen (secondary N) is 1. The van der Waals surface area contributed by atoms with E-state index in [1.54, 1.807) is 0 Å². The maximum absolute atomic E-state index is 13.8. The first kappa shape index (κ1) is 12.8. The fraction of sp³-hybridized carbons (Fsp3) is 0.500. The first-order valence-electron chi connectivity index (χ1n) is 5.77. The highest BCUT2D eigenvalue weighted by Crippen LogP contribution is 2.25. The van der Waals surface area contributed by atoms with Crippen LogP contribution in [0, 0.1) is 5.82 Å². The van der Waals surface area contributed by atoms with Gasteiger partial charge in [-0.25, -0.2) is 14.2 Å². The van der Waals surface area contributed by atoms with Gasteiger partial charge in [0.25, 0.3) is 0 Å². The maximum Gasteiger partial charge on any atom is 0.338 e. The quantitative estimate of drug-likeness (QED) is 0.858. The summed E-state index contributed by atoms with van der Waals surface area (Å²) in [5, 5.41) is 11.6. The van der Waals surface area contributed by atoms with Crippen LogP contribution in [0.25, 0.3) is 0 Å². The van der Waals surface area contributed by atoms with Gasteiger partial charge in [0, 0.05) is 19.3 Å². The van der Waals surface area contributed by atoms with E-state index in [-0.39, 0.29) is 17.0 Å². The third-order valence-corrected chi connectivity index (χ3v) is 3.05. The Kier molecular flexibility index (Phi) is 3.47. The number of aromatic nitrogens is 1. The maximum atomic E-state index is 13.8. The van der Waals surface area contributed by atoms with Crippen molar-refractivity contribution in [3.63, 3.8) is 0 Å². The monoisotopic (exact) mass is 254 g/mol. The van der Waals surface area contributed by atoms with Crippen LogP contribution in [0.3, 0.4) is 0 Å². The van der Waals surface area contributed by atoms with E-state index in [1.807, 2.05) is 6.92 Å². The van der Waals surface area contributed by atoms with Crippen molar-refractivity contribution in [2.24, 2.45) is 0 Å². The molecule has 0 amide bonds. The van der Waals surface area contributed by atoms with Gasteiger partial charge in [-0.3, -0.25) is 0 Å². The topological polar surface area (TPSA) is 71.5 Å². The second-order valence-corrected chi connectivity index (χ2v) is 4.58. The van der Waals surface area contributed by atoms with Gasteiger partial charge >= 0.3 is 5.97 Å². The molecule has 2 N–H and O–H groups in total. The summed E-state index contributed by atoms with van der Waals surface area (Å²) in [4.78, 5) is 14.6. The molecule has 0 spiro atoms. The SMILES string of the molecule is CC1(CNc2nccc(C(=O)O)c2F)CCCO1. The van der Waals surface area contributed by atoms with Gasteiger partial charge < -0.3 is 15.2 Å². The Labute approximate surface area is 104 Å². The lowest BCUT2D eigenvalue weighted by Gasteiger charge is -2.23. The van der Waals surface area contributed by atoms with Crippen molar-refractivity contribution in [1.29, 1.82) is 0 Å². The van der Waals surface area contributed by atoms with Gasteiger partial charge in [-0.15, -0.1) is 0 Å².